The van der Waals surface area contributed by atoms with Crippen LogP contribution in [-0.2, 0) is 36.7 Å². The van der Waals surface area contributed by atoms with E-state index in [4.69, 9.17) is 33.3 Å². The first-order valence-corrected chi connectivity index (χ1v) is 16.9. The Balaban J connectivity index is 1.23. The van der Waals surface area contributed by atoms with E-state index in [-0.39, 0.29) is 24.0 Å². The van der Waals surface area contributed by atoms with Crippen molar-refractivity contribution in [2.75, 3.05) is 18.9 Å². The van der Waals surface area contributed by atoms with Crippen LogP contribution >= 0.6 is 15.3 Å². The number of anilines is 1. The van der Waals surface area contributed by atoms with Crippen molar-refractivity contribution in [2.24, 2.45) is 0 Å². The van der Waals surface area contributed by atoms with E-state index in [1.54, 1.807) is 35.7 Å². The number of rotatable bonds is 3. The minimum atomic E-state index is -4.92. The molecular weight excluding hydrogens is 623 g/mol. The molecule has 6 heterocycles. The number of aromatic nitrogens is 6. The quantitative estimate of drug-likeness (QED) is 0.174. The van der Waals surface area contributed by atoms with Crippen molar-refractivity contribution in [3.05, 3.63) is 43.2 Å². The Morgan fingerprint density at radius 2 is 1.57 bits per heavy atom. The SMILES string of the molecule is CBP1(=O)OCC2OC(n3cnc4ccccc43)C(OP(=O)(O)OCC3OC(n4cnc5c(N)ncnc54)C(O1)C3O)C2O. The molecule has 0 aliphatic carbocycles. The number of nitrogens with zero attached hydrogens (tertiary/aromatic N) is 6. The number of para-hydroxylation sites is 2. The summed E-state index contributed by atoms with van der Waals surface area (Å²) in [6, 6.07) is 7.09. The van der Waals surface area contributed by atoms with Crippen molar-refractivity contribution in [2.45, 2.75) is 55.9 Å². The van der Waals surface area contributed by atoms with E-state index in [2.05, 4.69) is 19.9 Å². The van der Waals surface area contributed by atoms with Gasteiger partial charge in [0.15, 0.2) is 23.9 Å². The van der Waals surface area contributed by atoms with Gasteiger partial charge in [-0.05, 0) is 12.1 Å². The number of aliphatic hydroxyl groups excluding tert-OH is 2. The number of benzene rings is 1. The Hall–Kier alpha value is -2.80. The number of imidazole rings is 2. The molecule has 0 radical (unpaired) electrons. The topological polar surface area (TPSA) is 238 Å². The van der Waals surface area contributed by atoms with Gasteiger partial charge >= 0.3 is 7.82 Å². The second-order valence-corrected chi connectivity index (χ2v) is 14.2. The fourth-order valence-electron chi connectivity index (χ4n) is 5.54. The van der Waals surface area contributed by atoms with Gasteiger partial charge in [-0.15, -0.1) is 0 Å². The maximum absolute atomic E-state index is 13.9. The lowest BCUT2D eigenvalue weighted by atomic mass is 10.1. The Bertz CT molecular complexity index is 1790. The van der Waals surface area contributed by atoms with Gasteiger partial charge in [0.2, 0.25) is 0 Å². The van der Waals surface area contributed by atoms with E-state index < -0.39 is 77.6 Å². The summed E-state index contributed by atoms with van der Waals surface area (Å²) in [7, 11) is -8.91. The molecule has 0 amide bonds. The summed E-state index contributed by atoms with van der Waals surface area (Å²) in [5.74, 6) is 0.0968. The molecule has 18 nitrogen and oxygen atoms in total. The maximum atomic E-state index is 13.9. The highest BCUT2D eigenvalue weighted by atomic mass is 31.2. The number of nitrogen functional groups attached to an aromatic ring is 1. The molecule has 234 valence electrons. The second-order valence-electron chi connectivity index (χ2n) is 10.5. The molecular formula is C23H28BN7O11P2. The molecule has 10 atom stereocenters. The van der Waals surface area contributed by atoms with E-state index >= 15 is 0 Å². The fraction of sp³-hybridized carbons (Fsp3) is 0.478. The number of phosphoric ester groups is 1. The highest BCUT2D eigenvalue weighted by Gasteiger charge is 2.53. The van der Waals surface area contributed by atoms with Gasteiger partial charge in [0.1, 0.15) is 48.5 Å². The van der Waals surface area contributed by atoms with E-state index in [9.17, 15) is 24.2 Å². The number of nitrogens with two attached hydrogens (primary N) is 1. The lowest BCUT2D eigenvalue weighted by Gasteiger charge is -2.28. The summed E-state index contributed by atoms with van der Waals surface area (Å²) in [6.07, 6.45) is -6.63. The van der Waals surface area contributed by atoms with Crippen LogP contribution < -0.4 is 5.73 Å². The number of hydrogen-bond donors (Lipinski definition) is 4. The number of hydrogen-bond acceptors (Lipinski definition) is 15. The number of ether oxygens (including phenoxy) is 2. The first kappa shape index (κ1) is 29.9. The molecule has 3 fully saturated rings. The third-order valence-electron chi connectivity index (χ3n) is 7.80. The van der Waals surface area contributed by atoms with Gasteiger partial charge in [0, 0.05) is 0 Å². The zero-order valence-electron chi connectivity index (χ0n) is 23.0. The summed E-state index contributed by atoms with van der Waals surface area (Å²) in [5, 5.41) is 22.5. The molecule has 10 unspecified atom stereocenters. The summed E-state index contributed by atoms with van der Waals surface area (Å²) in [5.41, 5.74) is 7.62. The molecule has 7 rings (SSSR count). The predicted octanol–water partition coefficient (Wildman–Crippen LogP) is 0.485. The van der Waals surface area contributed by atoms with Gasteiger partial charge in [-0.3, -0.25) is 18.2 Å². The average molecular weight is 651 g/mol. The minimum absolute atomic E-state index is 0.0968. The van der Waals surface area contributed by atoms with Gasteiger partial charge in [-0.1, -0.05) is 19.0 Å². The molecule has 0 spiro atoms. The molecule has 4 bridgehead atoms. The van der Waals surface area contributed by atoms with Crippen LogP contribution in [0.1, 0.15) is 12.5 Å². The third kappa shape index (κ3) is 5.17. The van der Waals surface area contributed by atoms with E-state index in [0.717, 1.165) is 0 Å². The molecule has 3 aliphatic heterocycles. The number of aliphatic hydroxyl groups is 2. The molecule has 1 aromatic carbocycles. The van der Waals surface area contributed by atoms with Gasteiger partial charge in [-0.25, -0.2) is 24.5 Å². The number of fused-ring (bicyclic) bond motifs is 6. The summed E-state index contributed by atoms with van der Waals surface area (Å²) < 4.78 is 64.7. The standard InChI is InChI=1S/C23H28BN7O11P2/c1-24-43(34)37-6-13-17(33)19(22(39-13)30-9-28-11-4-2-3-5-12(11)30)42-44(35,36)38-7-14-16(32)18(41-43)23(40-14)31-10-29-15-20(25)26-8-27-21(15)31/h2-5,8-10,13-14,16-19,22-24,32-33H,6-7H2,1H3,(H,35,36)(H2,25,26,27). The third-order valence-corrected chi connectivity index (χ3v) is 10.7. The largest absolute Gasteiger partial charge is 0.472 e. The lowest BCUT2D eigenvalue weighted by molar-refractivity contribution is -0.0638. The van der Waals surface area contributed by atoms with Crippen molar-refractivity contribution < 1.29 is 51.8 Å². The predicted molar refractivity (Wildman–Crippen MR) is 151 cm³/mol. The summed E-state index contributed by atoms with van der Waals surface area (Å²) >= 11 is 0. The van der Waals surface area contributed by atoms with E-state index in [1.807, 2.05) is 0 Å². The van der Waals surface area contributed by atoms with Crippen molar-refractivity contribution >= 4 is 50.3 Å². The Labute approximate surface area is 249 Å². The Morgan fingerprint density at radius 3 is 2.32 bits per heavy atom. The molecule has 3 aromatic heterocycles. The number of phosphoric acid groups is 1. The van der Waals surface area contributed by atoms with E-state index in [1.165, 1.54) is 23.5 Å². The Morgan fingerprint density at radius 1 is 0.909 bits per heavy atom. The molecule has 0 saturated carbocycles. The van der Waals surface area contributed by atoms with Crippen LogP contribution in [0.2, 0.25) is 6.82 Å². The monoisotopic (exact) mass is 651 g/mol. The van der Waals surface area contributed by atoms with Crippen LogP contribution in [0.25, 0.3) is 22.2 Å². The average Bonchev–Trinajstić information content (AvgIpc) is 3.76. The van der Waals surface area contributed by atoms with Crippen molar-refractivity contribution in [1.29, 1.82) is 0 Å². The minimum Gasteiger partial charge on any atom is -0.387 e. The lowest BCUT2D eigenvalue weighted by Crippen LogP contribution is -2.38. The van der Waals surface area contributed by atoms with Gasteiger partial charge < -0.3 is 43.9 Å². The normalized spacial score (nSPS) is 38.2. The van der Waals surface area contributed by atoms with Crippen molar-refractivity contribution in [3.8, 4) is 0 Å². The highest BCUT2D eigenvalue weighted by molar-refractivity contribution is 7.83. The summed E-state index contributed by atoms with van der Waals surface area (Å²) in [6.45, 7) is 0.343. The van der Waals surface area contributed by atoms with Crippen LogP contribution in [0.15, 0.2) is 43.2 Å². The first-order valence-electron chi connectivity index (χ1n) is 13.7. The molecule has 44 heavy (non-hydrogen) atoms. The van der Waals surface area contributed by atoms with Crippen molar-refractivity contribution in [3.63, 3.8) is 0 Å². The zero-order chi connectivity index (χ0) is 30.8. The van der Waals surface area contributed by atoms with Crippen LogP contribution in [0, 0.1) is 0 Å². The fourth-order valence-corrected chi connectivity index (χ4v) is 7.84. The zero-order valence-corrected chi connectivity index (χ0v) is 24.8. The van der Waals surface area contributed by atoms with Gasteiger partial charge in [0.25, 0.3) is 14.5 Å². The van der Waals surface area contributed by atoms with Gasteiger partial charge in [-0.2, -0.15) is 0 Å². The molecule has 21 heteroatoms. The van der Waals surface area contributed by atoms with Crippen LogP contribution in [0.5, 0.6) is 0 Å². The van der Waals surface area contributed by atoms with Gasteiger partial charge in [0.05, 0.1) is 36.9 Å². The highest BCUT2D eigenvalue weighted by Crippen LogP contribution is 2.54. The first-order chi connectivity index (χ1) is 21.1. The molecule has 3 saturated heterocycles. The van der Waals surface area contributed by atoms with Crippen LogP contribution in [0.3, 0.4) is 0 Å². The maximum Gasteiger partial charge on any atom is 0.472 e. The second kappa shape index (κ2) is 11.2. The van der Waals surface area contributed by atoms with Crippen molar-refractivity contribution in [1.82, 2.24) is 29.1 Å². The molecule has 5 N–H and O–H groups in total. The van der Waals surface area contributed by atoms with Crippen LogP contribution in [-0.4, -0.2) is 101 Å². The van der Waals surface area contributed by atoms with Crippen LogP contribution in [0.4, 0.5) is 5.82 Å². The smallest absolute Gasteiger partial charge is 0.387 e. The Kier molecular flexibility index (Phi) is 7.62. The van der Waals surface area contributed by atoms with E-state index in [0.29, 0.717) is 11.0 Å². The molecule has 3 aliphatic rings. The summed E-state index contributed by atoms with van der Waals surface area (Å²) in [4.78, 5) is 27.4. The molecule has 4 aromatic rings.